The SMILES string of the molecule is Cc1cc(C)n(-c2cc([C@H](CC=O)CN3CC[C@@H](CCCc4ccc5c(n4)NCCC5)C3)cc(N3CCNCC3)c2)n1. The van der Waals surface area contributed by atoms with Crippen LogP contribution in [0.25, 0.3) is 5.69 Å². The van der Waals surface area contributed by atoms with Crippen molar-refractivity contribution >= 4 is 17.8 Å². The molecule has 3 aliphatic heterocycles. The number of carbonyl (C=O) groups excluding carboxylic acids is 1. The van der Waals surface area contributed by atoms with Gasteiger partial charge < -0.3 is 25.2 Å². The molecule has 0 spiro atoms. The number of pyridine rings is 1. The van der Waals surface area contributed by atoms with Crippen molar-refractivity contribution in [2.45, 2.75) is 64.7 Å². The van der Waals surface area contributed by atoms with E-state index in [-0.39, 0.29) is 5.92 Å². The number of fused-ring (bicyclic) bond motifs is 1. The molecule has 2 N–H and O–H groups in total. The fraction of sp³-hybridized carbons (Fsp3) is 0.559. The van der Waals surface area contributed by atoms with Gasteiger partial charge in [0.15, 0.2) is 0 Å². The fourth-order valence-electron chi connectivity index (χ4n) is 7.11. The summed E-state index contributed by atoms with van der Waals surface area (Å²) >= 11 is 0. The van der Waals surface area contributed by atoms with Gasteiger partial charge in [-0.1, -0.05) is 6.07 Å². The zero-order valence-corrected chi connectivity index (χ0v) is 25.4. The van der Waals surface area contributed by atoms with E-state index in [1.165, 1.54) is 48.2 Å². The van der Waals surface area contributed by atoms with Gasteiger partial charge in [0.2, 0.25) is 0 Å². The van der Waals surface area contributed by atoms with Crippen molar-refractivity contribution in [3.8, 4) is 5.69 Å². The summed E-state index contributed by atoms with van der Waals surface area (Å²) in [6, 6.07) is 13.5. The number of hydrogen-bond donors (Lipinski definition) is 2. The Kier molecular flexibility index (Phi) is 9.20. The van der Waals surface area contributed by atoms with Crippen LogP contribution in [0.15, 0.2) is 36.4 Å². The van der Waals surface area contributed by atoms with Crippen LogP contribution in [0, 0.1) is 19.8 Å². The molecule has 2 aromatic heterocycles. The lowest BCUT2D eigenvalue weighted by Crippen LogP contribution is -2.43. The molecule has 0 bridgehead atoms. The summed E-state index contributed by atoms with van der Waals surface area (Å²) in [7, 11) is 0. The molecule has 2 saturated heterocycles. The molecule has 42 heavy (non-hydrogen) atoms. The Morgan fingerprint density at radius 3 is 2.71 bits per heavy atom. The van der Waals surface area contributed by atoms with Gasteiger partial charge in [-0.2, -0.15) is 5.10 Å². The molecule has 6 rings (SSSR count). The van der Waals surface area contributed by atoms with E-state index in [4.69, 9.17) is 10.1 Å². The first-order chi connectivity index (χ1) is 20.6. The van der Waals surface area contributed by atoms with Gasteiger partial charge in [-0.3, -0.25) is 0 Å². The number of nitrogens with zero attached hydrogens (tertiary/aromatic N) is 5. The molecule has 2 atom stereocenters. The average Bonchev–Trinajstić information content (AvgIpc) is 3.61. The first kappa shape index (κ1) is 28.9. The molecular formula is C34H47N7O. The van der Waals surface area contributed by atoms with Crippen LogP contribution >= 0.6 is 0 Å². The fourth-order valence-corrected chi connectivity index (χ4v) is 7.11. The molecule has 0 radical (unpaired) electrons. The van der Waals surface area contributed by atoms with E-state index >= 15 is 0 Å². The standard InChI is InChI=1S/C34H47N7O/c1-25-19-26(2)41(38-25)33-21-30(20-32(22-33)40-16-13-35-14-17-40)29(11-18-42)24-39-15-10-27(23-39)5-3-7-31-9-8-28-6-4-12-36-34(28)37-31/h8-9,18-22,27,29,35H,3-7,10-17,23-24H2,1-2H3,(H,36,37)/t27-,29-/m1/s1. The Morgan fingerprint density at radius 2 is 1.90 bits per heavy atom. The third-order valence-electron chi connectivity index (χ3n) is 9.36. The molecule has 8 heteroatoms. The van der Waals surface area contributed by atoms with E-state index in [9.17, 15) is 4.79 Å². The summed E-state index contributed by atoms with van der Waals surface area (Å²) in [6.07, 6.45) is 8.70. The summed E-state index contributed by atoms with van der Waals surface area (Å²) < 4.78 is 2.06. The molecule has 0 unspecified atom stereocenters. The van der Waals surface area contributed by atoms with E-state index in [1.54, 1.807) is 0 Å². The van der Waals surface area contributed by atoms with E-state index in [2.05, 4.69) is 68.4 Å². The van der Waals surface area contributed by atoms with Crippen molar-refractivity contribution in [3.63, 3.8) is 0 Å². The zero-order valence-electron chi connectivity index (χ0n) is 25.4. The first-order valence-electron chi connectivity index (χ1n) is 16.1. The molecule has 0 aliphatic carbocycles. The number of rotatable bonds is 11. The molecule has 224 valence electrons. The smallest absolute Gasteiger partial charge is 0.129 e. The second-order valence-corrected chi connectivity index (χ2v) is 12.6. The lowest BCUT2D eigenvalue weighted by Gasteiger charge is -2.31. The maximum atomic E-state index is 11.9. The highest BCUT2D eigenvalue weighted by Gasteiger charge is 2.26. The quantitative estimate of drug-likeness (QED) is 0.325. The molecule has 0 amide bonds. The van der Waals surface area contributed by atoms with Crippen molar-refractivity contribution in [2.75, 3.05) is 62.6 Å². The van der Waals surface area contributed by atoms with E-state index in [0.29, 0.717) is 6.42 Å². The zero-order chi connectivity index (χ0) is 28.9. The van der Waals surface area contributed by atoms with Crippen molar-refractivity contribution in [1.82, 2.24) is 25.0 Å². The van der Waals surface area contributed by atoms with Crippen molar-refractivity contribution in [2.24, 2.45) is 5.92 Å². The Labute approximate surface area is 250 Å². The highest BCUT2D eigenvalue weighted by Crippen LogP contribution is 2.32. The summed E-state index contributed by atoms with van der Waals surface area (Å²) in [5.41, 5.74) is 8.30. The van der Waals surface area contributed by atoms with Crippen LogP contribution in [0.2, 0.25) is 0 Å². The predicted octanol–water partition coefficient (Wildman–Crippen LogP) is 4.67. The van der Waals surface area contributed by atoms with Crippen LogP contribution in [0.4, 0.5) is 11.5 Å². The Balaban J connectivity index is 1.12. The maximum Gasteiger partial charge on any atom is 0.129 e. The summed E-state index contributed by atoms with van der Waals surface area (Å²) in [4.78, 5) is 21.9. The number of hydrogen-bond acceptors (Lipinski definition) is 7. The number of piperazine rings is 1. The number of aldehydes is 1. The van der Waals surface area contributed by atoms with Crippen molar-refractivity contribution in [3.05, 3.63) is 64.6 Å². The summed E-state index contributed by atoms with van der Waals surface area (Å²) in [5.74, 6) is 2.00. The minimum atomic E-state index is 0.173. The highest BCUT2D eigenvalue weighted by molar-refractivity contribution is 5.59. The van der Waals surface area contributed by atoms with Gasteiger partial charge in [0.1, 0.15) is 12.1 Å². The Bertz CT molecular complexity index is 1360. The van der Waals surface area contributed by atoms with Gasteiger partial charge >= 0.3 is 0 Å². The number of likely N-dealkylation sites (tertiary alicyclic amines) is 1. The minimum Gasteiger partial charge on any atom is -0.370 e. The number of nitrogens with one attached hydrogen (secondary N) is 2. The second-order valence-electron chi connectivity index (χ2n) is 12.6. The topological polar surface area (TPSA) is 78.3 Å². The van der Waals surface area contributed by atoms with E-state index < -0.39 is 0 Å². The van der Waals surface area contributed by atoms with Crippen molar-refractivity contribution in [1.29, 1.82) is 0 Å². The maximum absolute atomic E-state index is 11.9. The first-order valence-corrected chi connectivity index (χ1v) is 16.1. The third kappa shape index (κ3) is 6.87. The van der Waals surface area contributed by atoms with Gasteiger partial charge in [-0.15, -0.1) is 0 Å². The molecule has 8 nitrogen and oxygen atoms in total. The van der Waals surface area contributed by atoms with Gasteiger partial charge in [-0.25, -0.2) is 9.67 Å². The van der Waals surface area contributed by atoms with Gasteiger partial charge in [0.25, 0.3) is 0 Å². The number of anilines is 2. The summed E-state index contributed by atoms with van der Waals surface area (Å²) in [6.45, 7) is 12.3. The molecule has 3 aromatic rings. The van der Waals surface area contributed by atoms with Crippen LogP contribution in [0.1, 0.15) is 66.2 Å². The molecular weight excluding hydrogens is 522 g/mol. The minimum absolute atomic E-state index is 0.173. The largest absolute Gasteiger partial charge is 0.370 e. The molecule has 1 aromatic carbocycles. The van der Waals surface area contributed by atoms with Gasteiger partial charge in [-0.05, 0) is 106 Å². The van der Waals surface area contributed by atoms with Crippen LogP contribution in [0.3, 0.4) is 0 Å². The van der Waals surface area contributed by atoms with Crippen LogP contribution in [-0.2, 0) is 17.6 Å². The lowest BCUT2D eigenvalue weighted by atomic mass is 9.94. The third-order valence-corrected chi connectivity index (χ3v) is 9.36. The molecule has 0 saturated carbocycles. The van der Waals surface area contributed by atoms with Crippen LogP contribution in [-0.4, -0.2) is 78.3 Å². The molecule has 5 heterocycles. The van der Waals surface area contributed by atoms with Crippen LogP contribution in [0.5, 0.6) is 0 Å². The normalized spacial score (nSPS) is 19.9. The Hall–Kier alpha value is -3.23. The average molecular weight is 570 g/mol. The van der Waals surface area contributed by atoms with E-state index in [1.807, 2.05) is 6.92 Å². The Morgan fingerprint density at radius 1 is 1.05 bits per heavy atom. The highest BCUT2D eigenvalue weighted by atomic mass is 16.1. The van der Waals surface area contributed by atoms with Crippen molar-refractivity contribution < 1.29 is 4.79 Å². The number of aryl methyl sites for hydroxylation is 4. The number of benzene rings is 1. The van der Waals surface area contributed by atoms with Crippen LogP contribution < -0.4 is 15.5 Å². The monoisotopic (exact) mass is 569 g/mol. The summed E-state index contributed by atoms with van der Waals surface area (Å²) in [5, 5.41) is 11.7. The lowest BCUT2D eigenvalue weighted by molar-refractivity contribution is -0.108. The second kappa shape index (κ2) is 13.4. The van der Waals surface area contributed by atoms with Gasteiger partial charge in [0, 0.05) is 75.2 Å². The van der Waals surface area contributed by atoms with Gasteiger partial charge in [0.05, 0.1) is 11.4 Å². The molecule has 3 aliphatic rings. The predicted molar refractivity (Wildman–Crippen MR) is 170 cm³/mol. The number of carbonyl (C=O) groups is 1. The molecule has 2 fully saturated rings. The number of aromatic nitrogens is 3. The van der Waals surface area contributed by atoms with E-state index in [0.717, 1.165) is 100 Å².